The van der Waals surface area contributed by atoms with E-state index in [9.17, 15) is 17.6 Å². The van der Waals surface area contributed by atoms with Gasteiger partial charge in [-0.15, -0.1) is 0 Å². The molecule has 5 N–H and O–H groups in total. The van der Waals surface area contributed by atoms with E-state index < -0.39 is 23.4 Å². The van der Waals surface area contributed by atoms with Crippen molar-refractivity contribution in [3.8, 4) is 28.4 Å². The monoisotopic (exact) mass is 462 g/mol. The van der Waals surface area contributed by atoms with E-state index >= 15 is 0 Å². The summed E-state index contributed by atoms with van der Waals surface area (Å²) in [5.74, 6) is 5.42. The standard InChI is InChI=1S/C22H22F4N6O/c1-32-11-30-19(16-8-13(6-7-29-16)18(27)21(31-28)22(24,25)26)20(32)15-5-4-14(23)9-17(15)33-10-12-2-3-12/h4-9,11-12,31H,2-3,10,27-28H2,1H3/b21-18-. The minimum absolute atomic E-state index is 0.0613. The predicted octanol–water partition coefficient (Wildman–Crippen LogP) is 3.73. The molecular formula is C22H22F4N6O. The van der Waals surface area contributed by atoms with Crippen LogP contribution in [0.1, 0.15) is 18.4 Å². The molecule has 0 aliphatic heterocycles. The molecule has 2 aromatic heterocycles. The molecule has 3 aromatic rings. The Kier molecular flexibility index (Phi) is 5.98. The molecule has 2 heterocycles. The highest BCUT2D eigenvalue weighted by Gasteiger charge is 2.36. The van der Waals surface area contributed by atoms with Gasteiger partial charge >= 0.3 is 6.18 Å². The molecule has 0 bridgehead atoms. The maximum Gasteiger partial charge on any atom is 0.434 e. The van der Waals surface area contributed by atoms with Crippen molar-refractivity contribution in [1.29, 1.82) is 0 Å². The topological polar surface area (TPSA) is 104 Å². The minimum atomic E-state index is -4.76. The Morgan fingerprint density at radius 1 is 1.21 bits per heavy atom. The Balaban J connectivity index is 1.79. The van der Waals surface area contributed by atoms with Gasteiger partial charge in [-0.2, -0.15) is 13.2 Å². The lowest BCUT2D eigenvalue weighted by Gasteiger charge is -2.15. The van der Waals surface area contributed by atoms with Crippen LogP contribution in [0.4, 0.5) is 17.6 Å². The molecule has 0 unspecified atom stereocenters. The Bertz CT molecular complexity index is 1200. The molecule has 0 spiro atoms. The predicted molar refractivity (Wildman–Crippen MR) is 115 cm³/mol. The lowest BCUT2D eigenvalue weighted by atomic mass is 10.0. The number of imidazole rings is 1. The molecule has 11 heteroatoms. The zero-order chi connectivity index (χ0) is 23.8. The van der Waals surface area contributed by atoms with Crippen LogP contribution in [0, 0.1) is 11.7 Å². The van der Waals surface area contributed by atoms with E-state index in [0.29, 0.717) is 35.2 Å². The summed E-state index contributed by atoms with van der Waals surface area (Å²) in [6.45, 7) is 0.477. The van der Waals surface area contributed by atoms with Crippen LogP contribution in [0.3, 0.4) is 0 Å². The number of pyridine rings is 1. The quantitative estimate of drug-likeness (QED) is 0.281. The third-order valence-electron chi connectivity index (χ3n) is 5.32. The molecule has 7 nitrogen and oxygen atoms in total. The number of nitrogens with one attached hydrogen (secondary N) is 1. The molecule has 1 aromatic carbocycles. The van der Waals surface area contributed by atoms with Gasteiger partial charge in [-0.1, -0.05) is 0 Å². The Labute approximate surface area is 187 Å². The number of benzene rings is 1. The summed E-state index contributed by atoms with van der Waals surface area (Å²) in [6, 6.07) is 6.92. The molecule has 1 saturated carbocycles. The minimum Gasteiger partial charge on any atom is -0.492 e. The first-order valence-corrected chi connectivity index (χ1v) is 10.1. The number of alkyl halides is 3. The van der Waals surface area contributed by atoms with Gasteiger partial charge in [0.2, 0.25) is 0 Å². The van der Waals surface area contributed by atoms with Gasteiger partial charge in [0, 0.05) is 30.4 Å². The molecule has 33 heavy (non-hydrogen) atoms. The molecule has 0 radical (unpaired) electrons. The SMILES string of the molecule is Cn1cnc(-c2cc(/C(N)=C(/NN)C(F)(F)F)ccn2)c1-c1ccc(F)cc1OCC1CC1. The molecular weight excluding hydrogens is 440 g/mol. The van der Waals surface area contributed by atoms with E-state index in [2.05, 4.69) is 9.97 Å². The van der Waals surface area contributed by atoms with Crippen molar-refractivity contribution < 1.29 is 22.3 Å². The van der Waals surface area contributed by atoms with Crippen LogP contribution in [-0.4, -0.2) is 27.3 Å². The highest BCUT2D eigenvalue weighted by Crippen LogP contribution is 2.38. The van der Waals surface area contributed by atoms with E-state index in [-0.39, 0.29) is 11.3 Å². The molecule has 0 amide bonds. The molecule has 0 atom stereocenters. The first kappa shape index (κ1) is 22.6. The van der Waals surface area contributed by atoms with Gasteiger partial charge in [-0.3, -0.25) is 10.8 Å². The second-order valence-electron chi connectivity index (χ2n) is 7.81. The second-order valence-corrected chi connectivity index (χ2v) is 7.81. The fraction of sp³-hybridized carbons (Fsp3) is 0.273. The normalized spacial score (nSPS) is 14.7. The first-order valence-electron chi connectivity index (χ1n) is 10.1. The largest absolute Gasteiger partial charge is 0.492 e. The summed E-state index contributed by atoms with van der Waals surface area (Å²) < 4.78 is 61.2. The van der Waals surface area contributed by atoms with Crippen LogP contribution in [0.5, 0.6) is 5.75 Å². The van der Waals surface area contributed by atoms with Gasteiger partial charge in [-0.25, -0.2) is 9.37 Å². The van der Waals surface area contributed by atoms with Crippen molar-refractivity contribution in [3.63, 3.8) is 0 Å². The summed E-state index contributed by atoms with van der Waals surface area (Å²) >= 11 is 0. The van der Waals surface area contributed by atoms with Crippen LogP contribution in [0.25, 0.3) is 28.3 Å². The number of ether oxygens (including phenoxy) is 1. The van der Waals surface area contributed by atoms with Gasteiger partial charge in [0.05, 0.1) is 30.0 Å². The third-order valence-corrected chi connectivity index (χ3v) is 5.32. The van der Waals surface area contributed by atoms with Crippen LogP contribution in [-0.2, 0) is 7.05 Å². The van der Waals surface area contributed by atoms with Gasteiger partial charge in [0.15, 0.2) is 5.70 Å². The summed E-state index contributed by atoms with van der Waals surface area (Å²) in [6.07, 6.45) is 0.250. The zero-order valence-corrected chi connectivity index (χ0v) is 17.7. The zero-order valence-electron chi connectivity index (χ0n) is 17.7. The number of aryl methyl sites for hydroxylation is 1. The molecule has 1 aliphatic rings. The van der Waals surface area contributed by atoms with E-state index in [1.54, 1.807) is 23.1 Å². The summed E-state index contributed by atoms with van der Waals surface area (Å²) in [5, 5.41) is 0. The number of halogens is 4. The van der Waals surface area contributed by atoms with E-state index in [4.69, 9.17) is 16.3 Å². The average molecular weight is 462 g/mol. The molecule has 1 aliphatic carbocycles. The van der Waals surface area contributed by atoms with Gasteiger partial charge in [0.25, 0.3) is 0 Å². The number of hydrazine groups is 1. The van der Waals surface area contributed by atoms with E-state index in [0.717, 1.165) is 12.8 Å². The van der Waals surface area contributed by atoms with Crippen molar-refractivity contribution >= 4 is 5.70 Å². The summed E-state index contributed by atoms with van der Waals surface area (Å²) in [5.41, 5.74) is 7.40. The first-order chi connectivity index (χ1) is 15.7. The lowest BCUT2D eigenvalue weighted by Crippen LogP contribution is -2.34. The van der Waals surface area contributed by atoms with Crippen LogP contribution < -0.4 is 21.7 Å². The fourth-order valence-corrected chi connectivity index (χ4v) is 3.42. The van der Waals surface area contributed by atoms with Crippen LogP contribution in [0.15, 0.2) is 48.6 Å². The second kappa shape index (κ2) is 8.74. The average Bonchev–Trinajstić information content (AvgIpc) is 3.52. The third kappa shape index (κ3) is 4.77. The van der Waals surface area contributed by atoms with Crippen molar-refractivity contribution in [2.24, 2.45) is 24.5 Å². The number of aromatic nitrogens is 3. The van der Waals surface area contributed by atoms with E-state index in [1.807, 2.05) is 0 Å². The molecule has 4 rings (SSSR count). The number of nitrogens with two attached hydrogens (primary N) is 2. The van der Waals surface area contributed by atoms with Crippen molar-refractivity contribution in [3.05, 3.63) is 59.9 Å². The highest BCUT2D eigenvalue weighted by molar-refractivity contribution is 5.81. The number of hydrogen-bond acceptors (Lipinski definition) is 6. The summed E-state index contributed by atoms with van der Waals surface area (Å²) in [4.78, 5) is 8.65. The highest BCUT2D eigenvalue weighted by atomic mass is 19.4. The van der Waals surface area contributed by atoms with Gasteiger partial charge in [0.1, 0.15) is 17.3 Å². The lowest BCUT2D eigenvalue weighted by molar-refractivity contribution is -0.0961. The van der Waals surface area contributed by atoms with Crippen molar-refractivity contribution in [1.82, 2.24) is 20.0 Å². The van der Waals surface area contributed by atoms with Crippen LogP contribution in [0.2, 0.25) is 0 Å². The number of nitrogens with zero attached hydrogens (tertiary/aromatic N) is 3. The van der Waals surface area contributed by atoms with Crippen molar-refractivity contribution in [2.45, 2.75) is 19.0 Å². The molecule has 0 saturated heterocycles. The summed E-state index contributed by atoms with van der Waals surface area (Å²) in [7, 11) is 1.75. The Hall–Kier alpha value is -3.60. The number of allylic oxidation sites excluding steroid dienone is 1. The Morgan fingerprint density at radius 3 is 2.64 bits per heavy atom. The van der Waals surface area contributed by atoms with Gasteiger partial charge in [-0.05, 0) is 43.0 Å². The molecule has 174 valence electrons. The number of rotatable bonds is 7. The fourth-order valence-electron chi connectivity index (χ4n) is 3.42. The smallest absolute Gasteiger partial charge is 0.434 e. The number of hydrogen-bond donors (Lipinski definition) is 3. The maximum atomic E-state index is 14.0. The van der Waals surface area contributed by atoms with E-state index in [1.165, 1.54) is 36.8 Å². The molecule has 1 fully saturated rings. The van der Waals surface area contributed by atoms with Crippen LogP contribution >= 0.6 is 0 Å². The maximum absolute atomic E-state index is 14.0. The van der Waals surface area contributed by atoms with Gasteiger partial charge < -0.3 is 20.5 Å². The van der Waals surface area contributed by atoms with Crippen molar-refractivity contribution in [2.75, 3.05) is 6.61 Å². The Morgan fingerprint density at radius 2 is 1.97 bits per heavy atom.